The first-order valence-corrected chi connectivity index (χ1v) is 4.90. The van der Waals surface area contributed by atoms with Gasteiger partial charge in [0.1, 0.15) is 0 Å². The van der Waals surface area contributed by atoms with Crippen LogP contribution in [0.1, 0.15) is 22.3 Å². The molecule has 1 aliphatic carbocycles. The molecule has 0 spiro atoms. The molecule has 0 saturated heterocycles. The predicted octanol–water partition coefficient (Wildman–Crippen LogP) is 1.39. The molecule has 1 aromatic rings. The summed E-state index contributed by atoms with van der Waals surface area (Å²) in [6.07, 6.45) is 1.26. The molecule has 16 heavy (non-hydrogen) atoms. The van der Waals surface area contributed by atoms with Gasteiger partial charge in [-0.3, -0.25) is 4.79 Å². The fourth-order valence-electron chi connectivity index (χ4n) is 1.99. The van der Waals surface area contributed by atoms with Crippen molar-refractivity contribution >= 4 is 22.8 Å². The summed E-state index contributed by atoms with van der Waals surface area (Å²) >= 11 is 0. The Labute approximate surface area is 104 Å². The first-order valence-electron chi connectivity index (χ1n) is 4.90. The van der Waals surface area contributed by atoms with E-state index in [0.717, 1.165) is 0 Å². The van der Waals surface area contributed by atoms with Crippen LogP contribution in [0.25, 0.3) is 0 Å². The number of carbonyl (C=O) groups is 1. The van der Waals surface area contributed by atoms with Crippen LogP contribution in [0.5, 0.6) is 11.5 Å². The maximum atomic E-state index is 11.9. The average molecular weight is 288 g/mol. The van der Waals surface area contributed by atoms with Crippen LogP contribution in [0, 0.1) is 0 Å². The van der Waals surface area contributed by atoms with E-state index in [9.17, 15) is 15.0 Å². The highest BCUT2D eigenvalue weighted by Crippen LogP contribution is 2.35. The second-order valence-electron chi connectivity index (χ2n) is 3.70. The van der Waals surface area contributed by atoms with Gasteiger partial charge in [0.05, 0.1) is 6.04 Å². The maximum Gasteiger partial charge on any atom is 0.180 e. The van der Waals surface area contributed by atoms with Gasteiger partial charge in [0.2, 0.25) is 0 Å². The van der Waals surface area contributed by atoms with Gasteiger partial charge in [0.25, 0.3) is 0 Å². The van der Waals surface area contributed by atoms with Crippen molar-refractivity contribution in [3.05, 3.63) is 23.3 Å². The number of benzene rings is 1. The van der Waals surface area contributed by atoms with Gasteiger partial charge < -0.3 is 15.5 Å². The van der Waals surface area contributed by atoms with Gasteiger partial charge in [-0.2, -0.15) is 0 Å². The van der Waals surface area contributed by atoms with Gasteiger partial charge in [-0.25, -0.2) is 0 Å². The Morgan fingerprint density at radius 3 is 2.69 bits per heavy atom. The van der Waals surface area contributed by atoms with Gasteiger partial charge in [-0.15, -0.1) is 17.0 Å². The molecule has 4 nitrogen and oxygen atoms in total. The second kappa shape index (κ2) is 4.84. The number of hydrogen-bond acceptors (Lipinski definition) is 4. The van der Waals surface area contributed by atoms with E-state index in [2.05, 4.69) is 5.32 Å². The van der Waals surface area contributed by atoms with Crippen molar-refractivity contribution < 1.29 is 15.0 Å². The Morgan fingerprint density at radius 1 is 1.38 bits per heavy atom. The highest BCUT2D eigenvalue weighted by molar-refractivity contribution is 8.93. The zero-order chi connectivity index (χ0) is 11.0. The molecule has 0 aliphatic heterocycles. The Balaban J connectivity index is 0.00000128. The first-order chi connectivity index (χ1) is 7.15. The lowest BCUT2D eigenvalue weighted by molar-refractivity contribution is 0.0932. The Bertz CT molecular complexity index is 420. The molecule has 88 valence electrons. The molecule has 3 N–H and O–H groups in total. The number of aromatic hydroxyl groups is 2. The molecule has 2 rings (SSSR count). The number of hydrogen-bond donors (Lipinski definition) is 3. The molecule has 1 aliphatic rings. The molecule has 1 atom stereocenters. The Morgan fingerprint density at radius 2 is 2.06 bits per heavy atom. The molecule has 1 aromatic carbocycles. The summed E-state index contributed by atoms with van der Waals surface area (Å²) in [5, 5.41) is 21.8. The molecule has 0 fully saturated rings. The standard InChI is InChI=1S/C11H13NO3.BrH/c1-12-8-4-2-7-6(10(8)14)3-5-9(13)11(7)15;/h3,5,8,12-13,15H,2,4H2,1H3;1H. The van der Waals surface area contributed by atoms with Crippen molar-refractivity contribution in [3.63, 3.8) is 0 Å². The van der Waals surface area contributed by atoms with Crippen molar-refractivity contribution in [2.45, 2.75) is 18.9 Å². The van der Waals surface area contributed by atoms with Crippen LogP contribution >= 0.6 is 17.0 Å². The maximum absolute atomic E-state index is 11.9. The zero-order valence-corrected chi connectivity index (χ0v) is 10.6. The normalized spacial score (nSPS) is 18.8. The number of phenols is 2. The van der Waals surface area contributed by atoms with Gasteiger partial charge in [-0.05, 0) is 32.0 Å². The molecule has 0 amide bonds. The molecule has 0 aromatic heterocycles. The van der Waals surface area contributed by atoms with E-state index in [0.29, 0.717) is 24.0 Å². The van der Waals surface area contributed by atoms with E-state index < -0.39 is 0 Å². The number of carbonyl (C=O) groups excluding carboxylic acids is 1. The molecule has 5 heteroatoms. The third kappa shape index (κ3) is 1.92. The lowest BCUT2D eigenvalue weighted by Gasteiger charge is -2.23. The monoisotopic (exact) mass is 287 g/mol. The van der Waals surface area contributed by atoms with Crippen LogP contribution in [0.3, 0.4) is 0 Å². The Kier molecular flexibility index (Phi) is 3.93. The van der Waals surface area contributed by atoms with Gasteiger partial charge in [0, 0.05) is 11.1 Å². The van der Waals surface area contributed by atoms with Crippen LogP contribution in [-0.2, 0) is 6.42 Å². The van der Waals surface area contributed by atoms with Gasteiger partial charge in [-0.1, -0.05) is 0 Å². The number of ketones is 1. The number of nitrogens with one attached hydrogen (secondary N) is 1. The zero-order valence-electron chi connectivity index (χ0n) is 8.86. The highest BCUT2D eigenvalue weighted by atomic mass is 79.9. The van der Waals surface area contributed by atoms with E-state index in [4.69, 9.17) is 0 Å². The first kappa shape index (κ1) is 13.0. The summed E-state index contributed by atoms with van der Waals surface area (Å²) in [5.74, 6) is -0.339. The van der Waals surface area contributed by atoms with Gasteiger partial charge >= 0.3 is 0 Å². The summed E-state index contributed by atoms with van der Waals surface area (Å²) in [4.78, 5) is 11.9. The van der Waals surface area contributed by atoms with E-state index in [-0.39, 0.29) is 40.3 Å². The van der Waals surface area contributed by atoms with E-state index >= 15 is 0 Å². The van der Waals surface area contributed by atoms with Crippen LogP contribution in [-0.4, -0.2) is 29.1 Å². The lowest BCUT2D eigenvalue weighted by Crippen LogP contribution is -2.37. The highest BCUT2D eigenvalue weighted by Gasteiger charge is 2.28. The van der Waals surface area contributed by atoms with Crippen LogP contribution in [0.15, 0.2) is 12.1 Å². The minimum absolute atomic E-state index is 0. The van der Waals surface area contributed by atoms with E-state index in [1.165, 1.54) is 6.07 Å². The minimum atomic E-state index is -0.179. The molecular formula is C11H14BrNO3. The fraction of sp³-hybridized carbons (Fsp3) is 0.364. The topological polar surface area (TPSA) is 69.6 Å². The number of halogens is 1. The van der Waals surface area contributed by atoms with Crippen molar-refractivity contribution in [2.75, 3.05) is 7.05 Å². The molecular weight excluding hydrogens is 274 g/mol. The summed E-state index contributed by atoms with van der Waals surface area (Å²) in [7, 11) is 1.74. The third-order valence-electron chi connectivity index (χ3n) is 2.87. The quantitative estimate of drug-likeness (QED) is 0.683. The van der Waals surface area contributed by atoms with Crippen LogP contribution in [0.4, 0.5) is 0 Å². The molecule has 0 radical (unpaired) electrons. The van der Waals surface area contributed by atoms with E-state index in [1.54, 1.807) is 13.1 Å². The number of rotatable bonds is 1. The second-order valence-corrected chi connectivity index (χ2v) is 3.70. The molecule has 1 unspecified atom stereocenters. The molecule has 0 saturated carbocycles. The predicted molar refractivity (Wildman–Crippen MR) is 65.6 cm³/mol. The van der Waals surface area contributed by atoms with Crippen molar-refractivity contribution in [2.24, 2.45) is 0 Å². The smallest absolute Gasteiger partial charge is 0.180 e. The van der Waals surface area contributed by atoms with Gasteiger partial charge in [0.15, 0.2) is 17.3 Å². The Hall–Kier alpha value is -1.07. The summed E-state index contributed by atoms with van der Waals surface area (Å²) in [6, 6.07) is 2.74. The molecule has 0 bridgehead atoms. The van der Waals surface area contributed by atoms with E-state index in [1.807, 2.05) is 0 Å². The fourth-order valence-corrected chi connectivity index (χ4v) is 1.99. The minimum Gasteiger partial charge on any atom is -0.504 e. The number of likely N-dealkylation sites (N-methyl/N-ethyl adjacent to an activating group) is 1. The SMILES string of the molecule is Br.CNC1CCc2c(ccc(O)c2O)C1=O. The van der Waals surface area contributed by atoms with Crippen molar-refractivity contribution in [3.8, 4) is 11.5 Å². The van der Waals surface area contributed by atoms with Crippen LogP contribution < -0.4 is 5.32 Å². The lowest BCUT2D eigenvalue weighted by atomic mass is 9.86. The number of Topliss-reactive ketones (excluding diaryl/α,β-unsaturated/α-hetero) is 1. The summed E-state index contributed by atoms with van der Waals surface area (Å²) in [6.45, 7) is 0. The number of phenolic OH excluding ortho intramolecular Hbond substituents is 2. The van der Waals surface area contributed by atoms with Crippen molar-refractivity contribution in [1.29, 1.82) is 0 Å². The third-order valence-corrected chi connectivity index (χ3v) is 2.87. The van der Waals surface area contributed by atoms with Crippen LogP contribution in [0.2, 0.25) is 0 Å². The molecule has 0 heterocycles. The van der Waals surface area contributed by atoms with Crippen molar-refractivity contribution in [1.82, 2.24) is 5.32 Å². The largest absolute Gasteiger partial charge is 0.504 e. The average Bonchev–Trinajstić information content (AvgIpc) is 2.24. The summed E-state index contributed by atoms with van der Waals surface area (Å²) < 4.78 is 0. The summed E-state index contributed by atoms with van der Waals surface area (Å²) in [5.41, 5.74) is 1.07. The number of fused-ring (bicyclic) bond motifs is 1.